The number of nitrogens with one attached hydrogen (secondary N) is 1. The molecule has 1 aromatic heterocycles. The number of aromatic amines is 1. The van der Waals surface area contributed by atoms with E-state index < -0.39 is 0 Å². The summed E-state index contributed by atoms with van der Waals surface area (Å²) >= 11 is 4.96. The first-order chi connectivity index (χ1) is 7.66. The summed E-state index contributed by atoms with van der Waals surface area (Å²) in [5.74, 6) is -0.247. The molecular weight excluding hydrogens is 249 g/mol. The van der Waals surface area contributed by atoms with Gasteiger partial charge in [-0.3, -0.25) is 4.99 Å². The number of aromatic nitrogens is 4. The van der Waals surface area contributed by atoms with Gasteiger partial charge in [0.1, 0.15) is 0 Å². The molecule has 2 aromatic rings. The van der Waals surface area contributed by atoms with Gasteiger partial charge in [-0.25, -0.2) is 4.68 Å². The number of rotatable bonds is 2. The maximum absolute atomic E-state index is 10.9. The van der Waals surface area contributed by atoms with Crippen LogP contribution in [0, 0.1) is 4.77 Å². The van der Waals surface area contributed by atoms with E-state index in [2.05, 4.69) is 20.5 Å². The summed E-state index contributed by atoms with van der Waals surface area (Å²) in [5, 5.41) is 20.7. The summed E-state index contributed by atoms with van der Waals surface area (Å²) in [4.78, 5) is 3.82. The van der Waals surface area contributed by atoms with Crippen molar-refractivity contribution in [1.82, 2.24) is 20.2 Å². The summed E-state index contributed by atoms with van der Waals surface area (Å²) in [6, 6.07) is 7.05. The first-order valence-corrected chi connectivity index (χ1v) is 4.90. The van der Waals surface area contributed by atoms with Gasteiger partial charge in [-0.05, 0) is 43.2 Å². The number of nitrogens with zero attached hydrogens (tertiary/aromatic N) is 4. The molecule has 0 bridgehead atoms. The predicted molar refractivity (Wildman–Crippen MR) is 59.3 cm³/mol. The summed E-state index contributed by atoms with van der Waals surface area (Å²) in [6.45, 7) is 1.40. The van der Waals surface area contributed by atoms with Crippen molar-refractivity contribution < 1.29 is 34.7 Å². The van der Waals surface area contributed by atoms with Crippen molar-refractivity contribution in [3.63, 3.8) is 0 Å². The van der Waals surface area contributed by atoms with Crippen LogP contribution in [0.5, 0.6) is 0 Å². The molecule has 0 aliphatic rings. The second-order valence-corrected chi connectivity index (χ2v) is 3.43. The van der Waals surface area contributed by atoms with Gasteiger partial charge in [0.2, 0.25) is 4.77 Å². The molecule has 0 amide bonds. The summed E-state index contributed by atoms with van der Waals surface area (Å²) in [5.41, 5.74) is 1.30. The van der Waals surface area contributed by atoms with Crippen molar-refractivity contribution in [2.45, 2.75) is 6.92 Å². The SMILES string of the molecule is CC([O-])=Nc1cccc(-n2[nH]nnc2=S)c1.[Na+]. The van der Waals surface area contributed by atoms with E-state index in [0.29, 0.717) is 10.5 Å². The van der Waals surface area contributed by atoms with Crippen LogP contribution in [0.25, 0.3) is 5.69 Å². The fourth-order valence-electron chi connectivity index (χ4n) is 1.25. The minimum Gasteiger partial charge on any atom is -0.862 e. The zero-order valence-corrected chi connectivity index (χ0v) is 12.2. The zero-order chi connectivity index (χ0) is 11.5. The Morgan fingerprint density at radius 1 is 1.53 bits per heavy atom. The second kappa shape index (κ2) is 6.06. The van der Waals surface area contributed by atoms with Crippen molar-refractivity contribution in [1.29, 1.82) is 0 Å². The van der Waals surface area contributed by atoms with Crippen LogP contribution < -0.4 is 34.7 Å². The molecule has 0 atom stereocenters. The molecule has 8 heteroatoms. The van der Waals surface area contributed by atoms with Gasteiger partial charge in [0.15, 0.2) is 0 Å². The number of aliphatic imine (C=N–C) groups is 1. The minimum atomic E-state index is -0.247. The fraction of sp³-hybridized carbons (Fsp3) is 0.111. The number of benzene rings is 1. The largest absolute Gasteiger partial charge is 1.00 e. The maximum atomic E-state index is 10.9. The van der Waals surface area contributed by atoms with Crippen molar-refractivity contribution in [2.75, 3.05) is 0 Å². The average Bonchev–Trinajstić information content (AvgIpc) is 2.64. The van der Waals surface area contributed by atoms with Crippen molar-refractivity contribution in [3.8, 4) is 5.69 Å². The second-order valence-electron chi connectivity index (χ2n) is 3.07. The molecule has 0 fully saturated rings. The van der Waals surface area contributed by atoms with E-state index in [9.17, 15) is 5.11 Å². The van der Waals surface area contributed by atoms with Crippen LogP contribution in [0.3, 0.4) is 0 Å². The average molecular weight is 257 g/mol. The van der Waals surface area contributed by atoms with E-state index in [0.717, 1.165) is 5.69 Å². The Bertz CT molecular complexity index is 587. The van der Waals surface area contributed by atoms with E-state index in [1.807, 2.05) is 6.07 Å². The Hall–Kier alpha value is -1.02. The van der Waals surface area contributed by atoms with E-state index in [-0.39, 0.29) is 35.5 Å². The Balaban J connectivity index is 0.00000144. The number of tetrazole rings is 1. The van der Waals surface area contributed by atoms with Crippen LogP contribution in [0.4, 0.5) is 5.69 Å². The number of H-pyrrole nitrogens is 1. The molecule has 2 rings (SSSR count). The van der Waals surface area contributed by atoms with Crippen LogP contribution in [0.2, 0.25) is 0 Å². The minimum absolute atomic E-state index is 0. The molecule has 0 aliphatic heterocycles. The Kier molecular flexibility index (Phi) is 5.01. The van der Waals surface area contributed by atoms with Crippen molar-refractivity contribution >= 4 is 23.8 Å². The van der Waals surface area contributed by atoms with Crippen LogP contribution >= 0.6 is 12.2 Å². The first-order valence-electron chi connectivity index (χ1n) is 4.49. The van der Waals surface area contributed by atoms with Gasteiger partial charge in [-0.15, -0.1) is 0 Å². The quantitative estimate of drug-likeness (QED) is 0.285. The molecule has 0 radical (unpaired) electrons. The third kappa shape index (κ3) is 3.47. The molecule has 1 aromatic carbocycles. The standard InChI is InChI=1S/C9H9N5OS.Na/c1-6(15)10-7-3-2-4-8(5-7)14-9(16)11-12-13-14;/h2-5H,1H3,(H,10,15)(H,11,13,16);/q;+1/p-1. The maximum Gasteiger partial charge on any atom is 1.00 e. The molecule has 0 spiro atoms. The molecule has 1 N–H and O–H groups in total. The summed E-state index contributed by atoms with van der Waals surface area (Å²) in [7, 11) is 0. The Morgan fingerprint density at radius 3 is 2.88 bits per heavy atom. The number of hydrogen-bond donors (Lipinski definition) is 1. The molecule has 0 unspecified atom stereocenters. The topological polar surface area (TPSA) is 81.9 Å². The Morgan fingerprint density at radius 2 is 2.29 bits per heavy atom. The van der Waals surface area contributed by atoms with Gasteiger partial charge < -0.3 is 5.11 Å². The third-order valence-electron chi connectivity index (χ3n) is 1.85. The molecular formula is C9H8N5NaOS. The van der Waals surface area contributed by atoms with Gasteiger partial charge in [0.05, 0.1) is 11.4 Å². The third-order valence-corrected chi connectivity index (χ3v) is 2.11. The van der Waals surface area contributed by atoms with Gasteiger partial charge in [-0.1, -0.05) is 16.4 Å². The monoisotopic (exact) mass is 257 g/mol. The van der Waals surface area contributed by atoms with Crippen molar-refractivity contribution in [3.05, 3.63) is 29.0 Å². The van der Waals surface area contributed by atoms with Gasteiger partial charge in [-0.2, -0.15) is 5.21 Å². The molecule has 1 heterocycles. The normalized spacial score (nSPS) is 11.0. The van der Waals surface area contributed by atoms with E-state index in [1.165, 1.54) is 11.6 Å². The number of hydrogen-bond acceptors (Lipinski definition) is 5. The predicted octanol–water partition coefficient (Wildman–Crippen LogP) is -2.26. The molecule has 0 aliphatic carbocycles. The van der Waals surface area contributed by atoms with E-state index in [4.69, 9.17) is 12.2 Å². The van der Waals surface area contributed by atoms with Crippen molar-refractivity contribution in [2.24, 2.45) is 4.99 Å². The van der Waals surface area contributed by atoms with E-state index in [1.54, 1.807) is 18.2 Å². The summed E-state index contributed by atoms with van der Waals surface area (Å²) < 4.78 is 1.84. The first kappa shape index (κ1) is 14.0. The molecule has 82 valence electrons. The van der Waals surface area contributed by atoms with E-state index >= 15 is 0 Å². The zero-order valence-electron chi connectivity index (χ0n) is 9.41. The van der Waals surface area contributed by atoms with Gasteiger partial charge >= 0.3 is 29.6 Å². The Labute approximate surface area is 125 Å². The smallest absolute Gasteiger partial charge is 0.862 e. The van der Waals surface area contributed by atoms with Gasteiger partial charge in [0, 0.05) is 0 Å². The summed E-state index contributed by atoms with van der Waals surface area (Å²) in [6.07, 6.45) is 0. The van der Waals surface area contributed by atoms with Gasteiger partial charge in [0.25, 0.3) is 0 Å². The molecule has 0 saturated heterocycles. The van der Waals surface area contributed by atoms with Crippen LogP contribution in [0.15, 0.2) is 29.3 Å². The molecule has 6 nitrogen and oxygen atoms in total. The fourth-order valence-corrected chi connectivity index (χ4v) is 1.44. The molecule has 0 saturated carbocycles. The van der Waals surface area contributed by atoms with Crippen LogP contribution in [-0.2, 0) is 0 Å². The van der Waals surface area contributed by atoms with Crippen LogP contribution in [0.1, 0.15) is 6.92 Å². The van der Waals surface area contributed by atoms with Crippen LogP contribution in [-0.4, -0.2) is 26.1 Å². The molecule has 17 heavy (non-hydrogen) atoms.